The molecular formula is C15H28O2. The summed E-state index contributed by atoms with van der Waals surface area (Å²) in [5, 5.41) is 0. The quantitative estimate of drug-likeness (QED) is 0.712. The fourth-order valence-electron chi connectivity index (χ4n) is 0.835. The second kappa shape index (κ2) is 20.1. The van der Waals surface area contributed by atoms with E-state index >= 15 is 0 Å². The molecule has 0 bridgehead atoms. The second-order valence-corrected chi connectivity index (χ2v) is 2.24. The Bertz CT molecular complexity index is 230. The Balaban J connectivity index is -0.000000285. The van der Waals surface area contributed by atoms with Crippen molar-refractivity contribution in [2.24, 2.45) is 0 Å². The van der Waals surface area contributed by atoms with Crippen molar-refractivity contribution in [2.75, 3.05) is 7.11 Å². The molecule has 0 radical (unpaired) electrons. The standard InChI is InChI=1S/C9H10O2.3C2H6/c1-11-9(10)7-8-5-3-2-4-6-8;3*1-2/h2-6H,7H2,1H3;3*1-2H3. The average molecular weight is 240 g/mol. The number of esters is 1. The molecule has 1 rings (SSSR count). The summed E-state index contributed by atoms with van der Waals surface area (Å²) in [4.78, 5) is 10.8. The summed E-state index contributed by atoms with van der Waals surface area (Å²) in [7, 11) is 1.39. The van der Waals surface area contributed by atoms with Crippen LogP contribution in [0.4, 0.5) is 0 Å². The lowest BCUT2D eigenvalue weighted by molar-refractivity contribution is -0.139. The van der Waals surface area contributed by atoms with Crippen LogP contribution in [0.15, 0.2) is 30.3 Å². The van der Waals surface area contributed by atoms with Gasteiger partial charge in [-0.05, 0) is 5.56 Å². The van der Waals surface area contributed by atoms with Gasteiger partial charge in [-0.1, -0.05) is 71.9 Å². The highest BCUT2D eigenvalue weighted by Crippen LogP contribution is 1.99. The fraction of sp³-hybridized carbons (Fsp3) is 0.533. The van der Waals surface area contributed by atoms with E-state index in [1.54, 1.807) is 0 Å². The molecule has 0 saturated carbocycles. The first-order valence-corrected chi connectivity index (χ1v) is 6.43. The van der Waals surface area contributed by atoms with Crippen LogP contribution in [0.2, 0.25) is 0 Å². The topological polar surface area (TPSA) is 26.3 Å². The monoisotopic (exact) mass is 240 g/mol. The van der Waals surface area contributed by atoms with Gasteiger partial charge < -0.3 is 4.74 Å². The predicted octanol–water partition coefficient (Wildman–Crippen LogP) is 4.48. The minimum Gasteiger partial charge on any atom is -0.469 e. The third-order valence-electron chi connectivity index (χ3n) is 1.42. The van der Waals surface area contributed by atoms with E-state index in [2.05, 4.69) is 4.74 Å². The van der Waals surface area contributed by atoms with Gasteiger partial charge in [-0.3, -0.25) is 4.79 Å². The van der Waals surface area contributed by atoms with E-state index in [-0.39, 0.29) is 5.97 Å². The van der Waals surface area contributed by atoms with Gasteiger partial charge >= 0.3 is 5.97 Å². The zero-order valence-electron chi connectivity index (χ0n) is 12.4. The molecule has 1 aromatic rings. The van der Waals surface area contributed by atoms with Crippen LogP contribution in [0.3, 0.4) is 0 Å². The average Bonchev–Trinajstić information content (AvgIpc) is 2.46. The van der Waals surface area contributed by atoms with Gasteiger partial charge in [0.25, 0.3) is 0 Å². The molecular weight excluding hydrogens is 212 g/mol. The van der Waals surface area contributed by atoms with Crippen molar-refractivity contribution in [2.45, 2.75) is 48.0 Å². The Labute approximate surface area is 107 Å². The molecule has 0 aromatic heterocycles. The lowest BCUT2D eigenvalue weighted by Gasteiger charge is -1.97. The lowest BCUT2D eigenvalue weighted by atomic mass is 10.2. The number of hydrogen-bond donors (Lipinski definition) is 0. The van der Waals surface area contributed by atoms with Crippen LogP contribution in [0, 0.1) is 0 Å². The number of hydrogen-bond acceptors (Lipinski definition) is 2. The van der Waals surface area contributed by atoms with Gasteiger partial charge in [0.1, 0.15) is 0 Å². The van der Waals surface area contributed by atoms with Crippen molar-refractivity contribution >= 4 is 5.97 Å². The highest BCUT2D eigenvalue weighted by Gasteiger charge is 1.99. The van der Waals surface area contributed by atoms with Gasteiger partial charge in [0, 0.05) is 0 Å². The minimum absolute atomic E-state index is 0.198. The molecule has 0 fully saturated rings. The summed E-state index contributed by atoms with van der Waals surface area (Å²) in [5.41, 5.74) is 0.986. The SMILES string of the molecule is CC.CC.CC.COC(=O)Cc1ccccc1. The van der Waals surface area contributed by atoms with Crippen molar-refractivity contribution in [1.82, 2.24) is 0 Å². The number of methoxy groups -OCH3 is 1. The molecule has 0 saturated heterocycles. The summed E-state index contributed by atoms with van der Waals surface area (Å²) in [5.74, 6) is -0.198. The highest BCUT2D eigenvalue weighted by molar-refractivity contribution is 5.72. The summed E-state index contributed by atoms with van der Waals surface area (Å²) in [6.07, 6.45) is 0.358. The number of benzene rings is 1. The largest absolute Gasteiger partial charge is 0.469 e. The molecule has 0 aliphatic carbocycles. The first-order chi connectivity index (χ1) is 8.33. The van der Waals surface area contributed by atoms with E-state index in [4.69, 9.17) is 0 Å². The van der Waals surface area contributed by atoms with Crippen LogP contribution in [-0.4, -0.2) is 13.1 Å². The zero-order valence-corrected chi connectivity index (χ0v) is 12.4. The van der Waals surface area contributed by atoms with Crippen molar-refractivity contribution in [3.05, 3.63) is 35.9 Å². The number of ether oxygens (including phenoxy) is 1. The summed E-state index contributed by atoms with van der Waals surface area (Å²) < 4.78 is 4.52. The van der Waals surface area contributed by atoms with Crippen LogP contribution in [0.5, 0.6) is 0 Å². The van der Waals surface area contributed by atoms with Crippen molar-refractivity contribution in [3.8, 4) is 0 Å². The third kappa shape index (κ3) is 14.7. The van der Waals surface area contributed by atoms with E-state index < -0.39 is 0 Å². The maximum atomic E-state index is 10.8. The van der Waals surface area contributed by atoms with Crippen LogP contribution in [-0.2, 0) is 16.0 Å². The molecule has 0 atom stereocenters. The highest BCUT2D eigenvalue weighted by atomic mass is 16.5. The van der Waals surface area contributed by atoms with Crippen LogP contribution in [0.1, 0.15) is 47.1 Å². The van der Waals surface area contributed by atoms with Gasteiger partial charge in [0.2, 0.25) is 0 Å². The molecule has 1 aromatic carbocycles. The molecule has 100 valence electrons. The minimum atomic E-state index is -0.198. The molecule has 17 heavy (non-hydrogen) atoms. The zero-order chi connectivity index (χ0) is 14.1. The molecule has 0 heterocycles. The summed E-state index contributed by atoms with van der Waals surface area (Å²) in [6.45, 7) is 12.0. The number of carbonyl (C=O) groups is 1. The van der Waals surface area contributed by atoms with E-state index in [0.29, 0.717) is 6.42 Å². The van der Waals surface area contributed by atoms with Crippen LogP contribution >= 0.6 is 0 Å². The Morgan fingerprint density at radius 3 is 1.71 bits per heavy atom. The normalized spacial score (nSPS) is 7.00. The maximum absolute atomic E-state index is 10.8. The first kappa shape index (κ1) is 21.0. The number of rotatable bonds is 2. The Kier molecular flexibility index (Phi) is 24.9. The molecule has 0 aliphatic rings. The van der Waals surface area contributed by atoms with Gasteiger partial charge in [-0.25, -0.2) is 0 Å². The summed E-state index contributed by atoms with van der Waals surface area (Å²) in [6, 6.07) is 9.52. The van der Waals surface area contributed by atoms with Gasteiger partial charge in [-0.15, -0.1) is 0 Å². The molecule has 2 heteroatoms. The molecule has 0 spiro atoms. The number of carbonyl (C=O) groups excluding carboxylic acids is 1. The van der Waals surface area contributed by atoms with Crippen molar-refractivity contribution < 1.29 is 9.53 Å². The first-order valence-electron chi connectivity index (χ1n) is 6.43. The van der Waals surface area contributed by atoms with Crippen molar-refractivity contribution in [1.29, 1.82) is 0 Å². The van der Waals surface area contributed by atoms with Crippen LogP contribution in [0.25, 0.3) is 0 Å². The molecule has 0 aliphatic heterocycles. The van der Waals surface area contributed by atoms with E-state index in [9.17, 15) is 4.79 Å². The molecule has 0 amide bonds. The Morgan fingerprint density at radius 1 is 0.941 bits per heavy atom. The smallest absolute Gasteiger partial charge is 0.309 e. The second-order valence-electron chi connectivity index (χ2n) is 2.24. The van der Waals surface area contributed by atoms with E-state index in [1.165, 1.54) is 7.11 Å². The van der Waals surface area contributed by atoms with Gasteiger partial charge in [0.05, 0.1) is 13.5 Å². The van der Waals surface area contributed by atoms with E-state index in [1.807, 2.05) is 71.9 Å². The van der Waals surface area contributed by atoms with Crippen LogP contribution < -0.4 is 0 Å². The molecule has 0 unspecified atom stereocenters. The van der Waals surface area contributed by atoms with E-state index in [0.717, 1.165) is 5.56 Å². The third-order valence-corrected chi connectivity index (χ3v) is 1.42. The van der Waals surface area contributed by atoms with Crippen molar-refractivity contribution in [3.63, 3.8) is 0 Å². The Hall–Kier alpha value is -1.31. The van der Waals surface area contributed by atoms with Gasteiger partial charge in [0.15, 0.2) is 0 Å². The molecule has 2 nitrogen and oxygen atoms in total. The van der Waals surface area contributed by atoms with Gasteiger partial charge in [-0.2, -0.15) is 0 Å². The maximum Gasteiger partial charge on any atom is 0.309 e. The predicted molar refractivity (Wildman–Crippen MR) is 76.2 cm³/mol. The lowest BCUT2D eigenvalue weighted by Crippen LogP contribution is -2.03. The Morgan fingerprint density at radius 2 is 1.35 bits per heavy atom. The molecule has 0 N–H and O–H groups in total. The fourth-order valence-corrected chi connectivity index (χ4v) is 0.835. The summed E-state index contributed by atoms with van der Waals surface area (Å²) >= 11 is 0.